The van der Waals surface area contributed by atoms with Gasteiger partial charge in [-0.3, -0.25) is 4.79 Å². The SMILES string of the molecule is O=C(N/N=C/c1ccc(N2CCOCC2)c(F)c1)c1ccco1. The molecule has 1 aromatic heterocycles. The molecule has 23 heavy (non-hydrogen) atoms. The third-order valence-corrected chi connectivity index (χ3v) is 3.45. The number of hydrogen-bond donors (Lipinski definition) is 1. The fourth-order valence-corrected chi connectivity index (χ4v) is 2.29. The Morgan fingerprint density at radius 2 is 2.13 bits per heavy atom. The number of ether oxygens (including phenoxy) is 1. The van der Waals surface area contributed by atoms with E-state index in [2.05, 4.69) is 10.5 Å². The van der Waals surface area contributed by atoms with Gasteiger partial charge in [0.1, 0.15) is 5.82 Å². The molecule has 3 rings (SSSR count). The second kappa shape index (κ2) is 7.06. The maximum Gasteiger partial charge on any atom is 0.307 e. The van der Waals surface area contributed by atoms with E-state index in [1.54, 1.807) is 18.2 Å². The maximum atomic E-state index is 14.2. The van der Waals surface area contributed by atoms with Crippen LogP contribution in [0.4, 0.5) is 10.1 Å². The Labute approximate surface area is 132 Å². The van der Waals surface area contributed by atoms with Crippen LogP contribution in [0, 0.1) is 5.82 Å². The van der Waals surface area contributed by atoms with Gasteiger partial charge in [0.05, 0.1) is 31.4 Å². The summed E-state index contributed by atoms with van der Waals surface area (Å²) in [5, 5.41) is 3.80. The van der Waals surface area contributed by atoms with Gasteiger partial charge in [-0.2, -0.15) is 5.10 Å². The highest BCUT2D eigenvalue weighted by atomic mass is 19.1. The number of morpholine rings is 1. The molecule has 1 aliphatic heterocycles. The molecular weight excluding hydrogens is 301 g/mol. The summed E-state index contributed by atoms with van der Waals surface area (Å²) in [6.45, 7) is 2.54. The van der Waals surface area contributed by atoms with Gasteiger partial charge < -0.3 is 14.1 Å². The molecule has 2 aromatic rings. The molecule has 0 bridgehead atoms. The molecular formula is C16H16FN3O3. The Balaban J connectivity index is 1.63. The van der Waals surface area contributed by atoms with E-state index >= 15 is 0 Å². The van der Waals surface area contributed by atoms with E-state index < -0.39 is 5.91 Å². The molecule has 0 saturated carbocycles. The number of furan rings is 1. The lowest BCUT2D eigenvalue weighted by molar-refractivity contribution is 0.0927. The van der Waals surface area contributed by atoms with Crippen molar-refractivity contribution in [2.24, 2.45) is 5.10 Å². The molecule has 1 N–H and O–H groups in total. The van der Waals surface area contributed by atoms with Gasteiger partial charge in [-0.15, -0.1) is 0 Å². The van der Waals surface area contributed by atoms with Gasteiger partial charge in [0.25, 0.3) is 0 Å². The van der Waals surface area contributed by atoms with Crippen molar-refractivity contribution in [2.45, 2.75) is 0 Å². The summed E-state index contributed by atoms with van der Waals surface area (Å²) in [5.74, 6) is -0.624. The Bertz CT molecular complexity index is 695. The monoisotopic (exact) mass is 317 g/mol. The normalized spacial score (nSPS) is 15.1. The third kappa shape index (κ3) is 3.75. The smallest absolute Gasteiger partial charge is 0.307 e. The number of benzene rings is 1. The molecule has 2 heterocycles. The van der Waals surface area contributed by atoms with Crippen molar-refractivity contribution in [2.75, 3.05) is 31.2 Å². The number of halogens is 1. The Morgan fingerprint density at radius 3 is 2.83 bits per heavy atom. The zero-order chi connectivity index (χ0) is 16.1. The fourth-order valence-electron chi connectivity index (χ4n) is 2.29. The van der Waals surface area contributed by atoms with E-state index in [4.69, 9.17) is 9.15 Å². The number of nitrogens with zero attached hydrogens (tertiary/aromatic N) is 2. The van der Waals surface area contributed by atoms with Crippen molar-refractivity contribution >= 4 is 17.8 Å². The first-order chi connectivity index (χ1) is 11.2. The predicted octanol–water partition coefficient (Wildman–Crippen LogP) is 2.02. The Morgan fingerprint density at radius 1 is 1.30 bits per heavy atom. The average Bonchev–Trinajstić information content (AvgIpc) is 3.10. The van der Waals surface area contributed by atoms with E-state index in [0.717, 1.165) is 0 Å². The van der Waals surface area contributed by atoms with Crippen molar-refractivity contribution in [3.8, 4) is 0 Å². The highest BCUT2D eigenvalue weighted by Gasteiger charge is 2.15. The molecule has 1 amide bonds. The standard InChI is InChI=1S/C16H16FN3O3/c17-13-10-12(3-4-14(13)20-5-8-22-9-6-20)11-18-19-16(21)15-2-1-7-23-15/h1-4,7,10-11H,5-6,8-9H2,(H,19,21)/b18-11+. The van der Waals surface area contributed by atoms with Gasteiger partial charge in [0.15, 0.2) is 5.76 Å². The molecule has 0 atom stereocenters. The first-order valence-corrected chi connectivity index (χ1v) is 7.23. The van der Waals surface area contributed by atoms with Crippen molar-refractivity contribution in [1.82, 2.24) is 5.43 Å². The van der Waals surface area contributed by atoms with Crippen molar-refractivity contribution in [3.05, 3.63) is 53.7 Å². The van der Waals surface area contributed by atoms with Gasteiger partial charge in [-0.25, -0.2) is 9.82 Å². The summed E-state index contributed by atoms with van der Waals surface area (Å²) >= 11 is 0. The van der Waals surface area contributed by atoms with Crippen LogP contribution in [0.3, 0.4) is 0 Å². The van der Waals surface area contributed by atoms with Crippen LogP contribution in [0.25, 0.3) is 0 Å². The summed E-state index contributed by atoms with van der Waals surface area (Å²) in [7, 11) is 0. The van der Waals surface area contributed by atoms with Crippen LogP contribution in [0.5, 0.6) is 0 Å². The van der Waals surface area contributed by atoms with E-state index in [9.17, 15) is 9.18 Å². The topological polar surface area (TPSA) is 67.1 Å². The molecule has 7 heteroatoms. The Hall–Kier alpha value is -2.67. The number of carbonyl (C=O) groups excluding carboxylic acids is 1. The predicted molar refractivity (Wildman–Crippen MR) is 83.2 cm³/mol. The van der Waals surface area contributed by atoms with E-state index in [0.29, 0.717) is 37.6 Å². The molecule has 0 unspecified atom stereocenters. The van der Waals surface area contributed by atoms with Gasteiger partial charge in [-0.1, -0.05) is 6.07 Å². The highest BCUT2D eigenvalue weighted by Crippen LogP contribution is 2.21. The van der Waals surface area contributed by atoms with Crippen LogP contribution >= 0.6 is 0 Å². The minimum absolute atomic E-state index is 0.163. The lowest BCUT2D eigenvalue weighted by Crippen LogP contribution is -2.36. The molecule has 1 aromatic carbocycles. The number of hydrazone groups is 1. The van der Waals surface area contributed by atoms with Crippen LogP contribution in [0.15, 0.2) is 46.1 Å². The summed E-state index contributed by atoms with van der Waals surface area (Å²) in [6, 6.07) is 7.97. The summed E-state index contributed by atoms with van der Waals surface area (Å²) in [4.78, 5) is 13.6. The van der Waals surface area contributed by atoms with E-state index in [1.165, 1.54) is 24.6 Å². The molecule has 6 nitrogen and oxygen atoms in total. The first-order valence-electron chi connectivity index (χ1n) is 7.23. The van der Waals surface area contributed by atoms with Gasteiger partial charge in [-0.05, 0) is 29.8 Å². The Kier molecular flexibility index (Phi) is 4.68. The average molecular weight is 317 g/mol. The molecule has 1 fully saturated rings. The zero-order valence-corrected chi connectivity index (χ0v) is 12.4. The second-order valence-electron chi connectivity index (χ2n) is 4.99. The number of rotatable bonds is 4. The number of carbonyl (C=O) groups is 1. The number of anilines is 1. The molecule has 1 aliphatic rings. The van der Waals surface area contributed by atoms with E-state index in [1.807, 2.05) is 4.90 Å². The summed E-state index contributed by atoms with van der Waals surface area (Å²) in [5.41, 5.74) is 3.42. The van der Waals surface area contributed by atoms with Crippen molar-refractivity contribution in [3.63, 3.8) is 0 Å². The zero-order valence-electron chi connectivity index (χ0n) is 12.4. The molecule has 1 saturated heterocycles. The van der Waals surface area contributed by atoms with Crippen molar-refractivity contribution < 1.29 is 18.3 Å². The number of nitrogens with one attached hydrogen (secondary N) is 1. The molecule has 0 spiro atoms. The van der Waals surface area contributed by atoms with Gasteiger partial charge in [0.2, 0.25) is 0 Å². The quantitative estimate of drug-likeness (QED) is 0.692. The minimum Gasteiger partial charge on any atom is -0.459 e. The van der Waals surface area contributed by atoms with Crippen molar-refractivity contribution in [1.29, 1.82) is 0 Å². The number of amides is 1. The lowest BCUT2D eigenvalue weighted by Gasteiger charge is -2.29. The molecule has 120 valence electrons. The summed E-state index contributed by atoms with van der Waals surface area (Å²) < 4.78 is 24.4. The van der Waals surface area contributed by atoms with Crippen LogP contribution < -0.4 is 10.3 Å². The molecule has 0 aliphatic carbocycles. The van der Waals surface area contributed by atoms with Crippen LogP contribution in [-0.2, 0) is 4.74 Å². The second-order valence-corrected chi connectivity index (χ2v) is 4.99. The molecule has 0 radical (unpaired) electrons. The largest absolute Gasteiger partial charge is 0.459 e. The third-order valence-electron chi connectivity index (χ3n) is 3.45. The van der Waals surface area contributed by atoms with Crippen LogP contribution in [0.2, 0.25) is 0 Å². The minimum atomic E-state index is -0.461. The van der Waals surface area contributed by atoms with Gasteiger partial charge in [0, 0.05) is 13.1 Å². The van der Waals surface area contributed by atoms with Crippen LogP contribution in [0.1, 0.15) is 16.1 Å². The first kappa shape index (κ1) is 15.2. The summed E-state index contributed by atoms with van der Waals surface area (Å²) in [6.07, 6.45) is 2.78. The lowest BCUT2D eigenvalue weighted by atomic mass is 10.2. The van der Waals surface area contributed by atoms with Crippen LogP contribution in [-0.4, -0.2) is 38.4 Å². The number of hydrogen-bond acceptors (Lipinski definition) is 5. The maximum absolute atomic E-state index is 14.2. The van der Waals surface area contributed by atoms with Gasteiger partial charge >= 0.3 is 5.91 Å². The highest BCUT2D eigenvalue weighted by molar-refractivity contribution is 5.92. The fraction of sp³-hybridized carbons (Fsp3) is 0.250. The van der Waals surface area contributed by atoms with E-state index in [-0.39, 0.29) is 11.6 Å².